The fraction of sp³-hybridized carbons (Fsp3) is 0.400. The topological polar surface area (TPSA) is 25.4 Å². The third kappa shape index (κ3) is 2.53. The Bertz CT molecular complexity index is 592. The number of hydrogen-bond donors (Lipinski definition) is 0. The van der Waals surface area contributed by atoms with Gasteiger partial charge in [0.25, 0.3) is 0 Å². The molecule has 1 aliphatic heterocycles. The van der Waals surface area contributed by atoms with E-state index in [2.05, 4.69) is 29.8 Å². The van der Waals surface area contributed by atoms with Crippen LogP contribution in [-0.2, 0) is 4.74 Å². The van der Waals surface area contributed by atoms with Crippen LogP contribution in [0.1, 0.15) is 13.8 Å². The van der Waals surface area contributed by atoms with Crippen molar-refractivity contribution < 1.29 is 4.74 Å². The van der Waals surface area contributed by atoms with Gasteiger partial charge in [-0.05, 0) is 38.1 Å². The number of fused-ring (bicyclic) bond motifs is 1. The zero-order valence-electron chi connectivity index (χ0n) is 11.1. The molecule has 2 atom stereocenters. The van der Waals surface area contributed by atoms with Crippen molar-refractivity contribution in [3.05, 3.63) is 35.5 Å². The van der Waals surface area contributed by atoms with Gasteiger partial charge in [-0.1, -0.05) is 11.6 Å². The molecule has 2 aromatic rings. The van der Waals surface area contributed by atoms with Gasteiger partial charge in [0.05, 0.1) is 17.7 Å². The SMILES string of the molecule is C[C@@H]1CN(c2ccnc3cc(Cl)ccc23)C[C@@H](C)O1. The van der Waals surface area contributed by atoms with Crippen molar-refractivity contribution in [3.63, 3.8) is 0 Å². The highest BCUT2D eigenvalue weighted by molar-refractivity contribution is 6.31. The number of anilines is 1. The Labute approximate surface area is 118 Å². The summed E-state index contributed by atoms with van der Waals surface area (Å²) >= 11 is 6.03. The van der Waals surface area contributed by atoms with E-state index in [1.54, 1.807) is 0 Å². The first-order valence-corrected chi connectivity index (χ1v) is 6.96. The summed E-state index contributed by atoms with van der Waals surface area (Å²) in [5.41, 5.74) is 2.15. The first-order chi connectivity index (χ1) is 9.13. The lowest BCUT2D eigenvalue weighted by molar-refractivity contribution is -0.00513. The van der Waals surface area contributed by atoms with Gasteiger partial charge in [-0.2, -0.15) is 0 Å². The van der Waals surface area contributed by atoms with Gasteiger partial charge >= 0.3 is 0 Å². The minimum Gasteiger partial charge on any atom is -0.372 e. The second kappa shape index (κ2) is 4.99. The molecular weight excluding hydrogens is 260 g/mol. The molecule has 3 rings (SSSR count). The first-order valence-electron chi connectivity index (χ1n) is 6.58. The van der Waals surface area contributed by atoms with Crippen molar-refractivity contribution in [2.24, 2.45) is 0 Å². The maximum Gasteiger partial charge on any atom is 0.0737 e. The number of halogens is 1. The van der Waals surface area contributed by atoms with Crippen LogP contribution in [0.3, 0.4) is 0 Å². The van der Waals surface area contributed by atoms with Crippen molar-refractivity contribution in [1.29, 1.82) is 0 Å². The number of hydrogen-bond acceptors (Lipinski definition) is 3. The summed E-state index contributed by atoms with van der Waals surface area (Å²) in [5.74, 6) is 0. The third-order valence-electron chi connectivity index (χ3n) is 3.44. The molecule has 0 aliphatic carbocycles. The number of benzene rings is 1. The first kappa shape index (κ1) is 12.7. The molecule has 1 saturated heterocycles. The molecule has 1 fully saturated rings. The quantitative estimate of drug-likeness (QED) is 0.797. The normalized spacial score (nSPS) is 23.8. The molecule has 1 aromatic heterocycles. The van der Waals surface area contributed by atoms with Gasteiger partial charge in [0, 0.05) is 35.4 Å². The number of rotatable bonds is 1. The van der Waals surface area contributed by atoms with Crippen LogP contribution in [0.2, 0.25) is 5.02 Å². The van der Waals surface area contributed by atoms with Crippen molar-refractivity contribution in [2.75, 3.05) is 18.0 Å². The number of ether oxygens (including phenoxy) is 1. The molecule has 0 radical (unpaired) electrons. The van der Waals surface area contributed by atoms with E-state index in [4.69, 9.17) is 16.3 Å². The molecule has 1 aromatic carbocycles. The second-order valence-corrected chi connectivity index (χ2v) is 5.59. The van der Waals surface area contributed by atoms with Crippen LogP contribution in [0, 0.1) is 0 Å². The molecular formula is C15H17ClN2O. The van der Waals surface area contributed by atoms with E-state index < -0.39 is 0 Å². The standard InChI is InChI=1S/C15H17ClN2O/c1-10-8-18(9-11(2)19-10)15-5-6-17-14-7-12(16)3-4-13(14)15/h3-7,10-11H,8-9H2,1-2H3/t10-,11-/m1/s1. The Morgan fingerprint density at radius 1 is 1.21 bits per heavy atom. The van der Waals surface area contributed by atoms with Crippen LogP contribution in [0.25, 0.3) is 10.9 Å². The Kier molecular flexibility index (Phi) is 3.33. The second-order valence-electron chi connectivity index (χ2n) is 5.15. The average Bonchev–Trinajstić information content (AvgIpc) is 2.36. The van der Waals surface area contributed by atoms with Crippen LogP contribution in [0.5, 0.6) is 0 Å². The Morgan fingerprint density at radius 3 is 2.68 bits per heavy atom. The Hall–Kier alpha value is -1.32. The van der Waals surface area contributed by atoms with Crippen molar-refractivity contribution in [2.45, 2.75) is 26.1 Å². The molecule has 0 N–H and O–H groups in total. The van der Waals surface area contributed by atoms with Gasteiger partial charge in [-0.3, -0.25) is 4.98 Å². The van der Waals surface area contributed by atoms with Gasteiger partial charge in [0.15, 0.2) is 0 Å². The van der Waals surface area contributed by atoms with Gasteiger partial charge in [-0.25, -0.2) is 0 Å². The fourth-order valence-corrected chi connectivity index (χ4v) is 2.92. The van der Waals surface area contributed by atoms with Gasteiger partial charge < -0.3 is 9.64 Å². The fourth-order valence-electron chi connectivity index (χ4n) is 2.76. The van der Waals surface area contributed by atoms with E-state index in [9.17, 15) is 0 Å². The lowest BCUT2D eigenvalue weighted by Gasteiger charge is -2.37. The molecule has 0 amide bonds. The predicted octanol–water partition coefficient (Wildman–Crippen LogP) is 3.50. The highest BCUT2D eigenvalue weighted by Gasteiger charge is 2.23. The predicted molar refractivity (Wildman–Crippen MR) is 79.0 cm³/mol. The lowest BCUT2D eigenvalue weighted by atomic mass is 10.1. The van der Waals surface area contributed by atoms with Gasteiger partial charge in [0.1, 0.15) is 0 Å². The van der Waals surface area contributed by atoms with E-state index >= 15 is 0 Å². The summed E-state index contributed by atoms with van der Waals surface area (Å²) in [4.78, 5) is 6.77. The molecule has 19 heavy (non-hydrogen) atoms. The number of nitrogens with zero attached hydrogens (tertiary/aromatic N) is 2. The molecule has 0 spiro atoms. The number of pyridine rings is 1. The minimum absolute atomic E-state index is 0.249. The van der Waals surface area contributed by atoms with Gasteiger partial charge in [-0.15, -0.1) is 0 Å². The highest BCUT2D eigenvalue weighted by Crippen LogP contribution is 2.29. The van der Waals surface area contributed by atoms with Gasteiger partial charge in [0.2, 0.25) is 0 Å². The largest absolute Gasteiger partial charge is 0.372 e. The van der Waals surface area contributed by atoms with Crippen LogP contribution >= 0.6 is 11.6 Å². The number of morpholine rings is 1. The zero-order chi connectivity index (χ0) is 13.4. The summed E-state index contributed by atoms with van der Waals surface area (Å²) in [6.45, 7) is 6.05. The van der Waals surface area contributed by atoms with E-state index in [1.165, 1.54) is 5.69 Å². The third-order valence-corrected chi connectivity index (χ3v) is 3.68. The number of aromatic nitrogens is 1. The summed E-state index contributed by atoms with van der Waals surface area (Å²) in [7, 11) is 0. The molecule has 2 heterocycles. The summed E-state index contributed by atoms with van der Waals surface area (Å²) in [6.07, 6.45) is 2.34. The maximum absolute atomic E-state index is 6.03. The summed E-state index contributed by atoms with van der Waals surface area (Å²) in [5, 5.41) is 1.87. The van der Waals surface area contributed by atoms with Crippen molar-refractivity contribution in [1.82, 2.24) is 4.98 Å². The molecule has 0 saturated carbocycles. The maximum atomic E-state index is 6.03. The van der Waals surface area contributed by atoms with E-state index in [1.807, 2.05) is 24.4 Å². The van der Waals surface area contributed by atoms with Crippen LogP contribution in [0.15, 0.2) is 30.5 Å². The Balaban J connectivity index is 2.04. The highest BCUT2D eigenvalue weighted by atomic mass is 35.5. The van der Waals surface area contributed by atoms with Crippen LogP contribution in [0.4, 0.5) is 5.69 Å². The molecule has 4 heteroatoms. The molecule has 100 valence electrons. The molecule has 0 bridgehead atoms. The molecule has 3 nitrogen and oxygen atoms in total. The molecule has 0 unspecified atom stereocenters. The monoisotopic (exact) mass is 276 g/mol. The van der Waals surface area contributed by atoms with E-state index in [-0.39, 0.29) is 12.2 Å². The summed E-state index contributed by atoms with van der Waals surface area (Å²) < 4.78 is 5.79. The smallest absolute Gasteiger partial charge is 0.0737 e. The zero-order valence-corrected chi connectivity index (χ0v) is 11.9. The lowest BCUT2D eigenvalue weighted by Crippen LogP contribution is -2.45. The minimum atomic E-state index is 0.249. The van der Waals surface area contributed by atoms with E-state index in [0.717, 1.165) is 29.0 Å². The molecule has 1 aliphatic rings. The van der Waals surface area contributed by atoms with Crippen molar-refractivity contribution in [3.8, 4) is 0 Å². The van der Waals surface area contributed by atoms with Crippen molar-refractivity contribution >= 4 is 28.2 Å². The Morgan fingerprint density at radius 2 is 1.95 bits per heavy atom. The van der Waals surface area contributed by atoms with Crippen LogP contribution < -0.4 is 4.90 Å². The van der Waals surface area contributed by atoms with E-state index in [0.29, 0.717) is 0 Å². The average molecular weight is 277 g/mol. The summed E-state index contributed by atoms with van der Waals surface area (Å²) in [6, 6.07) is 7.95. The van der Waals surface area contributed by atoms with Crippen LogP contribution in [-0.4, -0.2) is 30.3 Å².